The third kappa shape index (κ3) is 3.42. The third-order valence-corrected chi connectivity index (χ3v) is 4.10. The molecule has 4 N–H and O–H groups in total. The zero-order valence-electron chi connectivity index (χ0n) is 12.5. The van der Waals surface area contributed by atoms with Crippen LogP contribution in [-0.4, -0.2) is 29.0 Å². The van der Waals surface area contributed by atoms with Gasteiger partial charge in [-0.25, -0.2) is 4.98 Å². The average Bonchev–Trinajstić information content (AvgIpc) is 3.01. The molecule has 2 aromatic rings. The number of aromatic nitrogens is 2. The van der Waals surface area contributed by atoms with Crippen LogP contribution in [0.25, 0.3) is 0 Å². The van der Waals surface area contributed by atoms with Crippen molar-refractivity contribution in [2.75, 3.05) is 17.7 Å². The first kappa shape index (κ1) is 16.0. The Bertz CT molecular complexity index is 687. The number of rotatable bonds is 6. The number of aryl methyl sites for hydroxylation is 2. The van der Waals surface area contributed by atoms with E-state index < -0.39 is 5.91 Å². The normalized spacial score (nSPS) is 10.5. The van der Waals surface area contributed by atoms with E-state index in [2.05, 4.69) is 20.8 Å². The van der Waals surface area contributed by atoms with E-state index in [9.17, 15) is 9.59 Å². The number of nitrogens with zero attached hydrogens (tertiary/aromatic N) is 2. The van der Waals surface area contributed by atoms with Crippen LogP contribution in [-0.2, 0) is 11.2 Å². The zero-order chi connectivity index (χ0) is 16.3. The fourth-order valence-corrected chi connectivity index (χ4v) is 2.81. The first-order chi connectivity index (χ1) is 10.4. The van der Waals surface area contributed by atoms with Crippen molar-refractivity contribution in [3.8, 4) is 0 Å². The van der Waals surface area contributed by atoms with E-state index >= 15 is 0 Å². The van der Waals surface area contributed by atoms with Gasteiger partial charge in [0.15, 0.2) is 10.8 Å². The molecule has 118 valence electrons. The predicted molar refractivity (Wildman–Crippen MR) is 83.1 cm³/mol. The van der Waals surface area contributed by atoms with E-state index in [4.69, 9.17) is 10.3 Å². The Morgan fingerprint density at radius 2 is 2.09 bits per heavy atom. The summed E-state index contributed by atoms with van der Waals surface area (Å²) in [5, 5.41) is 10.2. The lowest BCUT2D eigenvalue weighted by Gasteiger charge is -2.03. The number of carbonyl (C=O) groups is 2. The maximum atomic E-state index is 12.0. The number of thiazole rings is 1. The molecule has 0 aliphatic heterocycles. The molecule has 2 rings (SSSR count). The number of carbonyl (C=O) groups excluding carboxylic acids is 2. The summed E-state index contributed by atoms with van der Waals surface area (Å²) >= 11 is 1.16. The van der Waals surface area contributed by atoms with Crippen LogP contribution in [0.4, 0.5) is 10.1 Å². The second-order valence-corrected chi connectivity index (χ2v) is 5.66. The van der Waals surface area contributed by atoms with Crippen LogP contribution < -0.4 is 16.4 Å². The highest BCUT2D eigenvalue weighted by molar-refractivity contribution is 7.20. The molecule has 0 aromatic carbocycles. The molecule has 2 heterocycles. The molecule has 0 radical (unpaired) electrons. The Hall–Kier alpha value is -2.42. The van der Waals surface area contributed by atoms with E-state index in [1.165, 1.54) is 0 Å². The Kier molecular flexibility index (Phi) is 4.76. The first-order valence-corrected chi connectivity index (χ1v) is 7.44. The van der Waals surface area contributed by atoms with E-state index in [0.29, 0.717) is 22.3 Å². The molecule has 9 heteroatoms. The van der Waals surface area contributed by atoms with Crippen molar-refractivity contribution < 1.29 is 14.1 Å². The van der Waals surface area contributed by atoms with E-state index in [-0.39, 0.29) is 18.0 Å². The highest BCUT2D eigenvalue weighted by atomic mass is 32.1. The van der Waals surface area contributed by atoms with Gasteiger partial charge in [-0.1, -0.05) is 16.5 Å². The van der Waals surface area contributed by atoms with Gasteiger partial charge < -0.3 is 20.9 Å². The lowest BCUT2D eigenvalue weighted by atomic mass is 10.1. The predicted octanol–water partition coefficient (Wildman–Crippen LogP) is 1.46. The number of primary amides is 1. The van der Waals surface area contributed by atoms with Crippen LogP contribution in [0.1, 0.15) is 33.9 Å². The number of anilines is 2. The molecular formula is C13H17N5O3S. The topological polar surface area (TPSA) is 123 Å². The molecule has 0 atom stereocenters. The molecule has 0 spiro atoms. The van der Waals surface area contributed by atoms with Gasteiger partial charge in [0, 0.05) is 19.0 Å². The van der Waals surface area contributed by atoms with Crippen LogP contribution in [0.15, 0.2) is 4.52 Å². The summed E-state index contributed by atoms with van der Waals surface area (Å²) in [6, 6.07) is 0. The van der Waals surface area contributed by atoms with Gasteiger partial charge in [0.1, 0.15) is 10.8 Å². The second kappa shape index (κ2) is 6.56. The maximum Gasteiger partial charge on any atom is 0.270 e. The van der Waals surface area contributed by atoms with Gasteiger partial charge in [-0.05, 0) is 20.3 Å². The number of hydrogen-bond donors (Lipinski definition) is 3. The summed E-state index contributed by atoms with van der Waals surface area (Å²) in [5.41, 5.74) is 7.01. The summed E-state index contributed by atoms with van der Waals surface area (Å²) in [4.78, 5) is 27.4. The standard InChI is InChI=1S/C13H17N5O3S/c1-6-8(7(2)21-18-6)4-5-9(19)16-12-10(11(14)20)17-13(15-3)22-12/h4-5H2,1-3H3,(H2,14,20)(H,15,17)(H,16,19). The first-order valence-electron chi connectivity index (χ1n) is 6.62. The summed E-state index contributed by atoms with van der Waals surface area (Å²) < 4.78 is 5.06. The van der Waals surface area contributed by atoms with Crippen molar-refractivity contribution in [2.45, 2.75) is 26.7 Å². The van der Waals surface area contributed by atoms with Crippen molar-refractivity contribution in [1.82, 2.24) is 10.1 Å². The highest BCUT2D eigenvalue weighted by Gasteiger charge is 2.18. The fraction of sp³-hybridized carbons (Fsp3) is 0.385. The molecule has 0 aliphatic rings. The van der Waals surface area contributed by atoms with Gasteiger partial charge >= 0.3 is 0 Å². The van der Waals surface area contributed by atoms with Crippen molar-refractivity contribution in [3.05, 3.63) is 22.7 Å². The van der Waals surface area contributed by atoms with Crippen molar-refractivity contribution in [1.29, 1.82) is 0 Å². The van der Waals surface area contributed by atoms with Gasteiger partial charge in [0.25, 0.3) is 5.91 Å². The second-order valence-electron chi connectivity index (χ2n) is 4.66. The maximum absolute atomic E-state index is 12.0. The highest BCUT2D eigenvalue weighted by Crippen LogP contribution is 2.28. The molecule has 0 bridgehead atoms. The molecule has 2 amide bonds. The zero-order valence-corrected chi connectivity index (χ0v) is 13.3. The monoisotopic (exact) mass is 323 g/mol. The van der Waals surface area contributed by atoms with Gasteiger partial charge in [0.2, 0.25) is 5.91 Å². The van der Waals surface area contributed by atoms with Gasteiger partial charge in [0.05, 0.1) is 5.69 Å². The number of nitrogens with one attached hydrogen (secondary N) is 2. The van der Waals surface area contributed by atoms with Crippen LogP contribution in [0.3, 0.4) is 0 Å². The van der Waals surface area contributed by atoms with E-state index in [1.807, 2.05) is 6.92 Å². The smallest absolute Gasteiger partial charge is 0.270 e. The molecule has 22 heavy (non-hydrogen) atoms. The van der Waals surface area contributed by atoms with Crippen molar-refractivity contribution >= 4 is 33.3 Å². The Morgan fingerprint density at radius 3 is 2.64 bits per heavy atom. The minimum Gasteiger partial charge on any atom is -0.365 e. The molecule has 2 aromatic heterocycles. The van der Waals surface area contributed by atoms with E-state index in [0.717, 1.165) is 22.6 Å². The SMILES string of the molecule is CNc1nc(C(N)=O)c(NC(=O)CCc2c(C)noc2C)s1. The van der Waals surface area contributed by atoms with Gasteiger partial charge in [-0.2, -0.15) is 0 Å². The molecule has 8 nitrogen and oxygen atoms in total. The Balaban J connectivity index is 2.03. The summed E-state index contributed by atoms with van der Waals surface area (Å²) in [6.07, 6.45) is 0.754. The minimum absolute atomic E-state index is 0.0556. The lowest BCUT2D eigenvalue weighted by molar-refractivity contribution is -0.116. The lowest BCUT2D eigenvalue weighted by Crippen LogP contribution is -2.17. The third-order valence-electron chi connectivity index (χ3n) is 3.11. The number of nitrogens with two attached hydrogens (primary N) is 1. The van der Waals surface area contributed by atoms with Gasteiger partial charge in [-0.15, -0.1) is 0 Å². The molecule has 0 aliphatic carbocycles. The fourth-order valence-electron chi connectivity index (χ4n) is 1.97. The summed E-state index contributed by atoms with van der Waals surface area (Å²) in [7, 11) is 1.67. The Labute approximate surface area is 131 Å². The molecule has 0 saturated carbocycles. The van der Waals surface area contributed by atoms with Crippen LogP contribution in [0, 0.1) is 13.8 Å². The van der Waals surface area contributed by atoms with Crippen LogP contribution in [0.5, 0.6) is 0 Å². The quantitative estimate of drug-likeness (QED) is 0.739. The molecule has 0 saturated heterocycles. The molecule has 0 unspecified atom stereocenters. The van der Waals surface area contributed by atoms with Crippen molar-refractivity contribution in [3.63, 3.8) is 0 Å². The number of amides is 2. The largest absolute Gasteiger partial charge is 0.365 e. The van der Waals surface area contributed by atoms with Crippen LogP contribution >= 0.6 is 11.3 Å². The minimum atomic E-state index is -0.682. The average molecular weight is 323 g/mol. The molecular weight excluding hydrogens is 306 g/mol. The number of hydrogen-bond acceptors (Lipinski definition) is 7. The van der Waals surface area contributed by atoms with Gasteiger partial charge in [-0.3, -0.25) is 9.59 Å². The van der Waals surface area contributed by atoms with Crippen LogP contribution in [0.2, 0.25) is 0 Å². The van der Waals surface area contributed by atoms with Crippen molar-refractivity contribution in [2.24, 2.45) is 5.73 Å². The molecule has 0 fully saturated rings. The summed E-state index contributed by atoms with van der Waals surface area (Å²) in [5.74, 6) is -0.203. The van der Waals surface area contributed by atoms with E-state index in [1.54, 1.807) is 14.0 Å². The Morgan fingerprint density at radius 1 is 1.36 bits per heavy atom. The summed E-state index contributed by atoms with van der Waals surface area (Å²) in [6.45, 7) is 3.64.